The van der Waals surface area contributed by atoms with Gasteiger partial charge in [-0.3, -0.25) is 9.36 Å². The summed E-state index contributed by atoms with van der Waals surface area (Å²) < 4.78 is 1.63. The number of anilines is 1. The molecule has 0 aliphatic heterocycles. The molecule has 0 atom stereocenters. The van der Waals surface area contributed by atoms with E-state index in [1.54, 1.807) is 4.57 Å². The van der Waals surface area contributed by atoms with E-state index in [0.29, 0.717) is 17.7 Å². The van der Waals surface area contributed by atoms with Crippen LogP contribution in [0.25, 0.3) is 10.8 Å². The maximum absolute atomic E-state index is 12.6. The fourth-order valence-electron chi connectivity index (χ4n) is 2.54. The summed E-state index contributed by atoms with van der Waals surface area (Å²) in [6, 6.07) is 17.7. The van der Waals surface area contributed by atoms with Gasteiger partial charge in [-0.25, -0.2) is 0 Å². The van der Waals surface area contributed by atoms with Gasteiger partial charge in [0.25, 0.3) is 5.56 Å². The SMILES string of the molecule is CCc1ccc(Cn2c(N)cc3ccccc3c2=O)cc1. The standard InChI is InChI=1S/C18H18N2O/c1-2-13-7-9-14(10-8-13)12-20-17(19)11-15-5-3-4-6-16(15)18(20)21/h3-11H,2,12,19H2,1H3. The predicted octanol–water partition coefficient (Wildman–Crippen LogP) is 3.19. The van der Waals surface area contributed by atoms with E-state index < -0.39 is 0 Å². The van der Waals surface area contributed by atoms with Crippen molar-refractivity contribution in [1.29, 1.82) is 0 Å². The number of pyridine rings is 1. The van der Waals surface area contributed by atoms with Crippen molar-refractivity contribution >= 4 is 16.6 Å². The van der Waals surface area contributed by atoms with Crippen LogP contribution in [-0.4, -0.2) is 4.57 Å². The zero-order valence-corrected chi connectivity index (χ0v) is 12.0. The summed E-state index contributed by atoms with van der Waals surface area (Å²) in [5.74, 6) is 0.498. The van der Waals surface area contributed by atoms with Gasteiger partial charge in [-0.2, -0.15) is 0 Å². The molecule has 3 heteroatoms. The molecule has 0 saturated heterocycles. The number of nitrogen functional groups attached to an aromatic ring is 1. The predicted molar refractivity (Wildman–Crippen MR) is 87.5 cm³/mol. The Hall–Kier alpha value is -2.55. The molecule has 0 aliphatic rings. The average Bonchev–Trinajstić information content (AvgIpc) is 2.52. The molecule has 3 nitrogen and oxygen atoms in total. The number of benzene rings is 2. The van der Waals surface area contributed by atoms with Gasteiger partial charge in [0, 0.05) is 5.39 Å². The highest BCUT2D eigenvalue weighted by molar-refractivity contribution is 5.83. The van der Waals surface area contributed by atoms with Gasteiger partial charge < -0.3 is 5.73 Å². The first kappa shape index (κ1) is 13.4. The maximum atomic E-state index is 12.6. The van der Waals surface area contributed by atoms with Gasteiger partial charge in [0.2, 0.25) is 0 Å². The third-order valence-corrected chi connectivity index (χ3v) is 3.82. The molecule has 0 spiro atoms. The molecule has 0 bridgehead atoms. The first-order chi connectivity index (χ1) is 10.2. The number of fused-ring (bicyclic) bond motifs is 1. The molecule has 3 rings (SSSR count). The smallest absolute Gasteiger partial charge is 0.260 e. The zero-order valence-electron chi connectivity index (χ0n) is 12.0. The molecule has 0 amide bonds. The zero-order chi connectivity index (χ0) is 14.8. The molecule has 0 aliphatic carbocycles. The fraction of sp³-hybridized carbons (Fsp3) is 0.167. The summed E-state index contributed by atoms with van der Waals surface area (Å²) in [7, 11) is 0. The van der Waals surface area contributed by atoms with Crippen molar-refractivity contribution in [3.63, 3.8) is 0 Å². The number of hydrogen-bond donors (Lipinski definition) is 1. The molecule has 3 aromatic rings. The van der Waals surface area contributed by atoms with Crippen LogP contribution in [0.3, 0.4) is 0 Å². The van der Waals surface area contributed by atoms with Crippen molar-refractivity contribution in [1.82, 2.24) is 4.57 Å². The number of hydrogen-bond acceptors (Lipinski definition) is 2. The lowest BCUT2D eigenvalue weighted by molar-refractivity contribution is 0.780. The normalized spacial score (nSPS) is 10.9. The lowest BCUT2D eigenvalue weighted by atomic mass is 10.1. The van der Waals surface area contributed by atoms with Crippen LogP contribution in [0, 0.1) is 0 Å². The molecule has 1 aromatic heterocycles. The van der Waals surface area contributed by atoms with E-state index in [1.165, 1.54) is 5.56 Å². The number of aromatic nitrogens is 1. The number of aryl methyl sites for hydroxylation is 1. The monoisotopic (exact) mass is 278 g/mol. The van der Waals surface area contributed by atoms with E-state index in [0.717, 1.165) is 17.4 Å². The van der Waals surface area contributed by atoms with Crippen molar-refractivity contribution in [2.24, 2.45) is 0 Å². The second-order valence-corrected chi connectivity index (χ2v) is 5.22. The minimum Gasteiger partial charge on any atom is -0.385 e. The fourth-order valence-corrected chi connectivity index (χ4v) is 2.54. The minimum atomic E-state index is -0.0369. The van der Waals surface area contributed by atoms with Crippen LogP contribution in [0.5, 0.6) is 0 Å². The lowest BCUT2D eigenvalue weighted by Crippen LogP contribution is -2.23. The Morgan fingerprint density at radius 2 is 1.67 bits per heavy atom. The second kappa shape index (κ2) is 5.44. The summed E-state index contributed by atoms with van der Waals surface area (Å²) in [5, 5.41) is 1.59. The van der Waals surface area contributed by atoms with Gasteiger partial charge >= 0.3 is 0 Å². The molecule has 2 aromatic carbocycles. The highest BCUT2D eigenvalue weighted by Gasteiger charge is 2.07. The highest BCUT2D eigenvalue weighted by atomic mass is 16.1. The van der Waals surface area contributed by atoms with Crippen LogP contribution in [0.15, 0.2) is 59.4 Å². The van der Waals surface area contributed by atoms with Gasteiger partial charge in [-0.15, -0.1) is 0 Å². The Morgan fingerprint density at radius 1 is 1.00 bits per heavy atom. The summed E-state index contributed by atoms with van der Waals surface area (Å²) >= 11 is 0. The van der Waals surface area contributed by atoms with E-state index in [-0.39, 0.29) is 5.56 Å². The van der Waals surface area contributed by atoms with E-state index in [9.17, 15) is 4.79 Å². The summed E-state index contributed by atoms with van der Waals surface area (Å²) in [6.07, 6.45) is 1.01. The summed E-state index contributed by atoms with van der Waals surface area (Å²) in [4.78, 5) is 12.6. The minimum absolute atomic E-state index is 0.0369. The third kappa shape index (κ3) is 2.55. The Labute approximate surface area is 123 Å². The van der Waals surface area contributed by atoms with Crippen LogP contribution in [-0.2, 0) is 13.0 Å². The molecule has 0 fully saturated rings. The topological polar surface area (TPSA) is 48.0 Å². The number of rotatable bonds is 3. The summed E-state index contributed by atoms with van der Waals surface area (Å²) in [6.45, 7) is 2.63. The quantitative estimate of drug-likeness (QED) is 0.799. The van der Waals surface area contributed by atoms with Crippen LogP contribution in [0.2, 0.25) is 0 Å². The highest BCUT2D eigenvalue weighted by Crippen LogP contribution is 2.15. The molecule has 106 valence electrons. The van der Waals surface area contributed by atoms with Crippen LogP contribution < -0.4 is 11.3 Å². The Bertz CT molecular complexity index is 832. The molecule has 2 N–H and O–H groups in total. The van der Waals surface area contributed by atoms with Crippen molar-refractivity contribution in [3.8, 4) is 0 Å². The van der Waals surface area contributed by atoms with E-state index >= 15 is 0 Å². The third-order valence-electron chi connectivity index (χ3n) is 3.82. The van der Waals surface area contributed by atoms with Gasteiger partial charge in [0.1, 0.15) is 5.82 Å². The molecule has 0 saturated carbocycles. The second-order valence-electron chi connectivity index (χ2n) is 5.22. The van der Waals surface area contributed by atoms with Crippen molar-refractivity contribution in [2.75, 3.05) is 5.73 Å². The van der Waals surface area contributed by atoms with Gasteiger partial charge in [-0.1, -0.05) is 49.4 Å². The molecule has 21 heavy (non-hydrogen) atoms. The number of nitrogens with zero attached hydrogens (tertiary/aromatic N) is 1. The Morgan fingerprint density at radius 3 is 2.38 bits per heavy atom. The molecule has 0 radical (unpaired) electrons. The molecule has 1 heterocycles. The van der Waals surface area contributed by atoms with E-state index in [4.69, 9.17) is 5.73 Å². The summed E-state index contributed by atoms with van der Waals surface area (Å²) in [5.41, 5.74) is 8.39. The lowest BCUT2D eigenvalue weighted by Gasteiger charge is -2.11. The van der Waals surface area contributed by atoms with Gasteiger partial charge in [-0.05, 0) is 35.1 Å². The molecule has 0 unspecified atom stereocenters. The van der Waals surface area contributed by atoms with Crippen LogP contribution >= 0.6 is 0 Å². The first-order valence-electron chi connectivity index (χ1n) is 7.15. The van der Waals surface area contributed by atoms with Gasteiger partial charge in [0.15, 0.2) is 0 Å². The maximum Gasteiger partial charge on any atom is 0.260 e. The van der Waals surface area contributed by atoms with Crippen LogP contribution in [0.4, 0.5) is 5.82 Å². The number of nitrogens with two attached hydrogens (primary N) is 1. The van der Waals surface area contributed by atoms with E-state index in [2.05, 4.69) is 31.2 Å². The van der Waals surface area contributed by atoms with Crippen LogP contribution in [0.1, 0.15) is 18.1 Å². The van der Waals surface area contributed by atoms with Crippen molar-refractivity contribution in [3.05, 3.63) is 76.1 Å². The Balaban J connectivity index is 2.05. The largest absolute Gasteiger partial charge is 0.385 e. The average molecular weight is 278 g/mol. The molecular weight excluding hydrogens is 260 g/mol. The van der Waals surface area contributed by atoms with Gasteiger partial charge in [0.05, 0.1) is 6.54 Å². The Kier molecular flexibility index (Phi) is 3.48. The van der Waals surface area contributed by atoms with Crippen molar-refractivity contribution < 1.29 is 0 Å². The van der Waals surface area contributed by atoms with Crippen molar-refractivity contribution in [2.45, 2.75) is 19.9 Å². The molecular formula is C18H18N2O. The van der Waals surface area contributed by atoms with E-state index in [1.807, 2.05) is 30.3 Å². The first-order valence-corrected chi connectivity index (χ1v) is 7.15.